The smallest absolute Gasteiger partial charge is 0.123 e. The molecule has 0 aliphatic rings. The second kappa shape index (κ2) is 7.87. The van der Waals surface area contributed by atoms with Gasteiger partial charge in [-0.15, -0.1) is 11.8 Å². The molecule has 0 bridgehead atoms. The second-order valence-corrected chi connectivity index (χ2v) is 6.94. The minimum atomic E-state index is 0.0787. The lowest BCUT2D eigenvalue weighted by Crippen LogP contribution is -2.26. The van der Waals surface area contributed by atoms with E-state index in [0.717, 1.165) is 22.2 Å². The van der Waals surface area contributed by atoms with Gasteiger partial charge in [0.2, 0.25) is 0 Å². The van der Waals surface area contributed by atoms with Gasteiger partial charge in [-0.3, -0.25) is 0 Å². The number of para-hydroxylation sites is 1. The van der Waals surface area contributed by atoms with Gasteiger partial charge in [0.05, 0.1) is 12.4 Å². The molecule has 2 nitrogen and oxygen atoms in total. The average molecular weight is 366 g/mol. The van der Waals surface area contributed by atoms with Crippen LogP contribution in [0.5, 0.6) is 5.75 Å². The summed E-state index contributed by atoms with van der Waals surface area (Å²) in [5.74, 6) is 0.899. The zero-order valence-electron chi connectivity index (χ0n) is 12.3. The van der Waals surface area contributed by atoms with Crippen molar-refractivity contribution in [2.24, 2.45) is 5.73 Å². The Bertz CT molecular complexity index is 573. The lowest BCUT2D eigenvalue weighted by molar-refractivity contribution is 0.407. The van der Waals surface area contributed by atoms with Crippen molar-refractivity contribution < 1.29 is 4.74 Å². The van der Waals surface area contributed by atoms with Gasteiger partial charge in [0.1, 0.15) is 5.75 Å². The Hall–Kier alpha value is -0.970. The molecule has 4 heteroatoms. The Labute approximate surface area is 139 Å². The third kappa shape index (κ3) is 4.25. The van der Waals surface area contributed by atoms with Crippen LogP contribution >= 0.6 is 27.7 Å². The van der Waals surface area contributed by atoms with Crippen molar-refractivity contribution in [3.63, 3.8) is 0 Å². The molecule has 112 valence electrons. The molecule has 0 aromatic heterocycles. The summed E-state index contributed by atoms with van der Waals surface area (Å²) in [6, 6.07) is 16.5. The van der Waals surface area contributed by atoms with Crippen LogP contribution in [-0.4, -0.2) is 13.2 Å². The lowest BCUT2D eigenvalue weighted by Gasteiger charge is -2.24. The van der Waals surface area contributed by atoms with E-state index in [-0.39, 0.29) is 11.3 Å². The van der Waals surface area contributed by atoms with Crippen molar-refractivity contribution in [3.8, 4) is 5.75 Å². The number of thioether (sulfide) groups is 1. The van der Waals surface area contributed by atoms with Gasteiger partial charge in [-0.05, 0) is 36.8 Å². The minimum Gasteiger partial charge on any atom is -0.496 e. The SMILES string of the molecule is CCC(N)C(Sc1ccc(Br)cc1)c1ccccc1OC. The zero-order valence-corrected chi connectivity index (χ0v) is 14.7. The van der Waals surface area contributed by atoms with Crippen LogP contribution in [-0.2, 0) is 0 Å². The van der Waals surface area contributed by atoms with Gasteiger partial charge in [-0.2, -0.15) is 0 Å². The molecule has 2 aromatic carbocycles. The third-order valence-electron chi connectivity index (χ3n) is 3.38. The Morgan fingerprint density at radius 3 is 2.43 bits per heavy atom. The van der Waals surface area contributed by atoms with Crippen LogP contribution in [0.25, 0.3) is 0 Å². The zero-order chi connectivity index (χ0) is 15.2. The summed E-state index contributed by atoms with van der Waals surface area (Å²) in [5.41, 5.74) is 7.52. The van der Waals surface area contributed by atoms with Crippen LogP contribution in [0.3, 0.4) is 0 Å². The highest BCUT2D eigenvalue weighted by molar-refractivity contribution is 9.10. The Morgan fingerprint density at radius 1 is 1.14 bits per heavy atom. The molecule has 0 aliphatic carbocycles. The van der Waals surface area contributed by atoms with E-state index in [2.05, 4.69) is 53.2 Å². The largest absolute Gasteiger partial charge is 0.496 e. The van der Waals surface area contributed by atoms with Gasteiger partial charge in [0, 0.05) is 21.0 Å². The summed E-state index contributed by atoms with van der Waals surface area (Å²) >= 11 is 5.25. The first-order valence-electron chi connectivity index (χ1n) is 6.96. The molecule has 21 heavy (non-hydrogen) atoms. The molecule has 0 spiro atoms. The summed E-state index contributed by atoms with van der Waals surface area (Å²) in [6.07, 6.45) is 0.923. The fourth-order valence-electron chi connectivity index (χ4n) is 2.16. The molecule has 0 fully saturated rings. The summed E-state index contributed by atoms with van der Waals surface area (Å²) in [7, 11) is 1.71. The Balaban J connectivity index is 2.32. The van der Waals surface area contributed by atoms with Gasteiger partial charge in [-0.25, -0.2) is 0 Å². The molecule has 0 aliphatic heterocycles. The fraction of sp³-hybridized carbons (Fsp3) is 0.294. The number of hydrogen-bond donors (Lipinski definition) is 1. The van der Waals surface area contributed by atoms with E-state index in [1.807, 2.05) is 18.2 Å². The first kappa shape index (κ1) is 16.4. The highest BCUT2D eigenvalue weighted by Gasteiger charge is 2.23. The topological polar surface area (TPSA) is 35.2 Å². The molecule has 2 rings (SSSR count). The number of hydrogen-bond acceptors (Lipinski definition) is 3. The number of nitrogens with two attached hydrogens (primary N) is 1. The van der Waals surface area contributed by atoms with Crippen LogP contribution in [0.2, 0.25) is 0 Å². The number of benzene rings is 2. The third-order valence-corrected chi connectivity index (χ3v) is 5.31. The van der Waals surface area contributed by atoms with Crippen molar-refractivity contribution in [3.05, 3.63) is 58.6 Å². The van der Waals surface area contributed by atoms with E-state index < -0.39 is 0 Å². The summed E-state index contributed by atoms with van der Waals surface area (Å²) in [4.78, 5) is 1.21. The molecule has 2 unspecified atom stereocenters. The second-order valence-electron chi connectivity index (χ2n) is 4.81. The Morgan fingerprint density at radius 2 is 1.81 bits per heavy atom. The van der Waals surface area contributed by atoms with Gasteiger partial charge in [-0.1, -0.05) is 41.1 Å². The number of ether oxygens (including phenoxy) is 1. The van der Waals surface area contributed by atoms with Gasteiger partial charge < -0.3 is 10.5 Å². The molecule has 2 atom stereocenters. The maximum Gasteiger partial charge on any atom is 0.123 e. The first-order chi connectivity index (χ1) is 10.2. The van der Waals surface area contributed by atoms with Crippen LogP contribution in [0.1, 0.15) is 24.2 Å². The molecule has 0 heterocycles. The van der Waals surface area contributed by atoms with E-state index in [9.17, 15) is 0 Å². The molecule has 0 saturated carbocycles. The minimum absolute atomic E-state index is 0.0787. The monoisotopic (exact) mass is 365 g/mol. The maximum absolute atomic E-state index is 6.36. The highest BCUT2D eigenvalue weighted by atomic mass is 79.9. The van der Waals surface area contributed by atoms with Crippen molar-refractivity contribution in [2.45, 2.75) is 29.5 Å². The van der Waals surface area contributed by atoms with Gasteiger partial charge in [0.15, 0.2) is 0 Å². The molecular formula is C17H20BrNOS. The first-order valence-corrected chi connectivity index (χ1v) is 8.63. The van der Waals surface area contributed by atoms with E-state index in [1.54, 1.807) is 18.9 Å². The molecule has 0 amide bonds. The van der Waals surface area contributed by atoms with Crippen LogP contribution in [0.4, 0.5) is 0 Å². The van der Waals surface area contributed by atoms with Crippen LogP contribution in [0.15, 0.2) is 57.9 Å². The van der Waals surface area contributed by atoms with Crippen molar-refractivity contribution in [1.82, 2.24) is 0 Å². The fourth-order valence-corrected chi connectivity index (χ4v) is 3.70. The van der Waals surface area contributed by atoms with Crippen molar-refractivity contribution in [1.29, 1.82) is 0 Å². The summed E-state index contributed by atoms with van der Waals surface area (Å²) in [6.45, 7) is 2.12. The highest BCUT2D eigenvalue weighted by Crippen LogP contribution is 2.41. The van der Waals surface area contributed by atoms with E-state index in [0.29, 0.717) is 0 Å². The van der Waals surface area contributed by atoms with E-state index in [4.69, 9.17) is 10.5 Å². The normalized spacial score (nSPS) is 13.7. The van der Waals surface area contributed by atoms with Crippen molar-refractivity contribution in [2.75, 3.05) is 7.11 Å². The lowest BCUT2D eigenvalue weighted by atomic mass is 10.0. The van der Waals surface area contributed by atoms with E-state index in [1.165, 1.54) is 4.90 Å². The average Bonchev–Trinajstić information content (AvgIpc) is 2.53. The predicted octanol–water partition coefficient (Wildman–Crippen LogP) is 5.03. The van der Waals surface area contributed by atoms with Gasteiger partial charge >= 0.3 is 0 Å². The molecule has 0 saturated heterocycles. The summed E-state index contributed by atoms with van der Waals surface area (Å²) < 4.78 is 6.59. The molecular weight excluding hydrogens is 346 g/mol. The van der Waals surface area contributed by atoms with E-state index >= 15 is 0 Å². The van der Waals surface area contributed by atoms with Crippen molar-refractivity contribution >= 4 is 27.7 Å². The number of rotatable bonds is 6. The molecule has 2 N–H and O–H groups in total. The molecule has 0 radical (unpaired) electrons. The summed E-state index contributed by atoms with van der Waals surface area (Å²) in [5, 5.41) is 0.173. The predicted molar refractivity (Wildman–Crippen MR) is 94.0 cm³/mol. The van der Waals surface area contributed by atoms with Crippen LogP contribution in [0, 0.1) is 0 Å². The number of methoxy groups -OCH3 is 1. The quantitative estimate of drug-likeness (QED) is 0.729. The van der Waals surface area contributed by atoms with Gasteiger partial charge in [0.25, 0.3) is 0 Å². The Kier molecular flexibility index (Phi) is 6.15. The molecule has 2 aromatic rings. The number of halogens is 1. The maximum atomic E-state index is 6.36. The standard InChI is InChI=1S/C17H20BrNOS/c1-3-15(19)17(14-6-4-5-7-16(14)20-2)21-13-10-8-12(18)9-11-13/h4-11,15,17H,3,19H2,1-2H3. The van der Waals surface area contributed by atoms with Crippen LogP contribution < -0.4 is 10.5 Å².